The maximum Gasteiger partial charge on any atom is 0.248 e. The Morgan fingerprint density at radius 2 is 1.83 bits per heavy atom. The van der Waals surface area contributed by atoms with Crippen molar-refractivity contribution in [2.24, 2.45) is 0 Å². The summed E-state index contributed by atoms with van der Waals surface area (Å²) in [4.78, 5) is 15.8. The summed E-state index contributed by atoms with van der Waals surface area (Å²) in [7, 11) is 1.54. The molecule has 1 aromatic rings. The second-order valence-corrected chi connectivity index (χ2v) is 4.71. The second-order valence-electron chi connectivity index (χ2n) is 4.28. The van der Waals surface area contributed by atoms with Gasteiger partial charge in [-0.3, -0.25) is 4.79 Å². The van der Waals surface area contributed by atoms with Gasteiger partial charge in [0.1, 0.15) is 6.61 Å². The normalized spacial score (nSPS) is 15.9. The number of nitrogens with zero attached hydrogens (tertiary/aromatic N) is 2. The van der Waals surface area contributed by atoms with Crippen LogP contribution in [-0.4, -0.2) is 50.7 Å². The van der Waals surface area contributed by atoms with E-state index >= 15 is 0 Å². The molecule has 0 spiro atoms. The molecule has 0 aromatic heterocycles. The Morgan fingerprint density at radius 3 is 2.39 bits per heavy atom. The molecule has 1 fully saturated rings. The van der Waals surface area contributed by atoms with Gasteiger partial charge in [0.15, 0.2) is 0 Å². The van der Waals surface area contributed by atoms with Crippen LogP contribution in [0.3, 0.4) is 0 Å². The zero-order valence-electron chi connectivity index (χ0n) is 10.4. The average Bonchev–Trinajstić information content (AvgIpc) is 2.40. The molecule has 2 rings (SSSR count). The highest BCUT2D eigenvalue weighted by Gasteiger charge is 2.20. The number of carbonyl (C=O) groups is 1. The van der Waals surface area contributed by atoms with Crippen molar-refractivity contribution in [3.63, 3.8) is 0 Å². The molecule has 1 aliphatic heterocycles. The first-order chi connectivity index (χ1) is 8.70. The van der Waals surface area contributed by atoms with Gasteiger partial charge in [0, 0.05) is 44.0 Å². The van der Waals surface area contributed by atoms with Crippen molar-refractivity contribution in [3.05, 3.63) is 29.3 Å². The summed E-state index contributed by atoms with van der Waals surface area (Å²) in [6.07, 6.45) is 0. The summed E-state index contributed by atoms with van der Waals surface area (Å²) in [5.74, 6) is 0.0632. The molecule has 0 saturated carbocycles. The first-order valence-corrected chi connectivity index (χ1v) is 6.36. The van der Waals surface area contributed by atoms with Crippen LogP contribution in [0.4, 0.5) is 5.69 Å². The van der Waals surface area contributed by atoms with Crippen LogP contribution in [0, 0.1) is 0 Å². The van der Waals surface area contributed by atoms with Gasteiger partial charge >= 0.3 is 0 Å². The minimum Gasteiger partial charge on any atom is -0.375 e. The van der Waals surface area contributed by atoms with Crippen molar-refractivity contribution in [1.29, 1.82) is 0 Å². The molecule has 18 heavy (non-hydrogen) atoms. The molecule has 0 atom stereocenters. The van der Waals surface area contributed by atoms with E-state index in [0.29, 0.717) is 0 Å². The van der Waals surface area contributed by atoms with Crippen LogP contribution in [0.1, 0.15) is 0 Å². The lowest BCUT2D eigenvalue weighted by Gasteiger charge is -2.36. The summed E-state index contributed by atoms with van der Waals surface area (Å²) in [6, 6.07) is 7.79. The first-order valence-electron chi connectivity index (χ1n) is 5.98. The number of carbonyl (C=O) groups excluding carboxylic acids is 1. The lowest BCUT2D eigenvalue weighted by Crippen LogP contribution is -2.49. The number of rotatable bonds is 3. The van der Waals surface area contributed by atoms with Gasteiger partial charge in [-0.1, -0.05) is 11.6 Å². The average molecular weight is 269 g/mol. The number of hydrogen-bond acceptors (Lipinski definition) is 3. The number of benzene rings is 1. The zero-order valence-corrected chi connectivity index (χ0v) is 11.2. The number of amides is 1. The van der Waals surface area contributed by atoms with Crippen LogP contribution in [0.2, 0.25) is 5.02 Å². The molecular formula is C13H17ClN2O2. The molecule has 0 bridgehead atoms. The molecule has 1 heterocycles. The third-order valence-electron chi connectivity index (χ3n) is 3.09. The summed E-state index contributed by atoms with van der Waals surface area (Å²) in [5.41, 5.74) is 1.15. The van der Waals surface area contributed by atoms with Crippen LogP contribution in [0.5, 0.6) is 0 Å². The number of ether oxygens (including phenoxy) is 1. The monoisotopic (exact) mass is 268 g/mol. The zero-order chi connectivity index (χ0) is 13.0. The van der Waals surface area contributed by atoms with E-state index in [9.17, 15) is 4.79 Å². The van der Waals surface area contributed by atoms with E-state index in [4.69, 9.17) is 16.3 Å². The van der Waals surface area contributed by atoms with Crippen LogP contribution in [0.15, 0.2) is 24.3 Å². The van der Waals surface area contributed by atoms with Gasteiger partial charge in [0.2, 0.25) is 5.91 Å². The molecular weight excluding hydrogens is 252 g/mol. The third kappa shape index (κ3) is 3.15. The minimum atomic E-state index is 0.0632. The lowest BCUT2D eigenvalue weighted by molar-refractivity contribution is -0.135. The Morgan fingerprint density at radius 1 is 1.22 bits per heavy atom. The third-order valence-corrected chi connectivity index (χ3v) is 3.34. The Bertz CT molecular complexity index is 400. The van der Waals surface area contributed by atoms with Gasteiger partial charge in [-0.2, -0.15) is 0 Å². The highest BCUT2D eigenvalue weighted by molar-refractivity contribution is 6.30. The Labute approximate surface area is 112 Å². The Kier molecular flexibility index (Phi) is 4.44. The van der Waals surface area contributed by atoms with E-state index in [0.717, 1.165) is 36.9 Å². The fraction of sp³-hybridized carbons (Fsp3) is 0.462. The summed E-state index contributed by atoms with van der Waals surface area (Å²) < 4.78 is 4.86. The van der Waals surface area contributed by atoms with Crippen LogP contribution in [0.25, 0.3) is 0 Å². The number of halogens is 1. The lowest BCUT2D eigenvalue weighted by atomic mass is 10.2. The molecule has 98 valence electrons. The molecule has 5 heteroatoms. The maximum absolute atomic E-state index is 11.7. The molecule has 4 nitrogen and oxygen atoms in total. The van der Waals surface area contributed by atoms with E-state index in [1.807, 2.05) is 29.2 Å². The summed E-state index contributed by atoms with van der Waals surface area (Å²) in [6.45, 7) is 3.34. The van der Waals surface area contributed by atoms with Crippen molar-refractivity contribution in [3.8, 4) is 0 Å². The number of methoxy groups -OCH3 is 1. The van der Waals surface area contributed by atoms with Gasteiger partial charge < -0.3 is 14.5 Å². The molecule has 0 N–H and O–H groups in total. The van der Waals surface area contributed by atoms with Crippen LogP contribution in [-0.2, 0) is 9.53 Å². The van der Waals surface area contributed by atoms with Gasteiger partial charge in [-0.25, -0.2) is 0 Å². The van der Waals surface area contributed by atoms with E-state index in [1.165, 1.54) is 0 Å². The van der Waals surface area contributed by atoms with E-state index in [1.54, 1.807) is 7.11 Å². The smallest absolute Gasteiger partial charge is 0.248 e. The minimum absolute atomic E-state index is 0.0632. The molecule has 0 unspecified atom stereocenters. The predicted molar refractivity (Wildman–Crippen MR) is 72.1 cm³/mol. The maximum atomic E-state index is 11.7. The molecule has 0 aliphatic carbocycles. The Balaban J connectivity index is 1.90. The van der Waals surface area contributed by atoms with Crippen molar-refractivity contribution in [1.82, 2.24) is 4.90 Å². The van der Waals surface area contributed by atoms with Gasteiger partial charge in [-0.05, 0) is 24.3 Å². The fourth-order valence-corrected chi connectivity index (χ4v) is 2.21. The number of piperazine rings is 1. The number of anilines is 1. The molecule has 1 aliphatic rings. The van der Waals surface area contributed by atoms with Crippen molar-refractivity contribution >= 4 is 23.2 Å². The standard InChI is InChI=1S/C13H17ClN2O2/c1-18-10-13(17)16-8-6-15(7-9-16)12-4-2-11(14)3-5-12/h2-5H,6-10H2,1H3. The fourth-order valence-electron chi connectivity index (χ4n) is 2.08. The van der Waals surface area contributed by atoms with Gasteiger partial charge in [0.25, 0.3) is 0 Å². The van der Waals surface area contributed by atoms with Crippen molar-refractivity contribution in [2.75, 3.05) is 44.8 Å². The topological polar surface area (TPSA) is 32.8 Å². The quantitative estimate of drug-likeness (QED) is 0.835. The van der Waals surface area contributed by atoms with Crippen molar-refractivity contribution < 1.29 is 9.53 Å². The molecule has 0 radical (unpaired) electrons. The van der Waals surface area contributed by atoms with Crippen molar-refractivity contribution in [2.45, 2.75) is 0 Å². The highest BCUT2D eigenvalue weighted by Crippen LogP contribution is 2.19. The van der Waals surface area contributed by atoms with Gasteiger partial charge in [-0.15, -0.1) is 0 Å². The van der Waals surface area contributed by atoms with Crippen LogP contribution >= 0.6 is 11.6 Å². The molecule has 1 saturated heterocycles. The van der Waals surface area contributed by atoms with E-state index in [-0.39, 0.29) is 12.5 Å². The van der Waals surface area contributed by atoms with E-state index < -0.39 is 0 Å². The summed E-state index contributed by atoms with van der Waals surface area (Å²) in [5, 5.41) is 0.743. The van der Waals surface area contributed by atoms with Gasteiger partial charge in [0.05, 0.1) is 0 Å². The van der Waals surface area contributed by atoms with Crippen LogP contribution < -0.4 is 4.90 Å². The number of hydrogen-bond donors (Lipinski definition) is 0. The first kappa shape index (κ1) is 13.2. The largest absolute Gasteiger partial charge is 0.375 e. The summed E-state index contributed by atoms with van der Waals surface area (Å²) >= 11 is 5.86. The SMILES string of the molecule is COCC(=O)N1CCN(c2ccc(Cl)cc2)CC1. The van der Waals surface area contributed by atoms with E-state index in [2.05, 4.69) is 4.90 Å². The second kappa shape index (κ2) is 6.07. The predicted octanol–water partition coefficient (Wildman–Crippen LogP) is 1.64. The Hall–Kier alpha value is -1.26. The molecule has 1 aromatic carbocycles. The highest BCUT2D eigenvalue weighted by atomic mass is 35.5. The molecule has 1 amide bonds.